The number of aromatic nitrogens is 2. The molecule has 1 atom stereocenters. The Balaban J connectivity index is 1.61. The minimum Gasteiger partial charge on any atom is -0.331 e. The van der Waals surface area contributed by atoms with Gasteiger partial charge in [-0.2, -0.15) is 5.10 Å². The molecule has 0 aliphatic heterocycles. The van der Waals surface area contributed by atoms with Gasteiger partial charge in [-0.15, -0.1) is 0 Å². The fourth-order valence-electron chi connectivity index (χ4n) is 2.88. The summed E-state index contributed by atoms with van der Waals surface area (Å²) < 4.78 is 1.81. The predicted molar refractivity (Wildman–Crippen MR) is 104 cm³/mol. The van der Waals surface area contributed by atoms with Gasteiger partial charge in [-0.25, -0.2) is 4.79 Å². The molecule has 1 aromatic heterocycles. The summed E-state index contributed by atoms with van der Waals surface area (Å²) in [5.41, 5.74) is 2.25. The number of carbonyl (C=O) groups is 1. The Morgan fingerprint density at radius 1 is 1.00 bits per heavy atom. The zero-order chi connectivity index (χ0) is 18.4. The molecule has 0 aliphatic rings. The lowest BCUT2D eigenvalue weighted by Gasteiger charge is -2.22. The van der Waals surface area contributed by atoms with Gasteiger partial charge < -0.3 is 5.32 Å². The molecule has 2 N–H and O–H groups in total. The van der Waals surface area contributed by atoms with Crippen LogP contribution in [0.5, 0.6) is 0 Å². The van der Waals surface area contributed by atoms with Gasteiger partial charge in [-0.05, 0) is 17.0 Å². The number of urea groups is 1. The number of hydrogen-bond acceptors (Lipinski definition) is 2. The monoisotopic (exact) mass is 348 g/mol. The smallest absolute Gasteiger partial charge is 0.320 e. The van der Waals surface area contributed by atoms with E-state index in [1.54, 1.807) is 6.07 Å². The maximum Gasteiger partial charge on any atom is 0.320 e. The molecule has 2 aromatic carbocycles. The maximum atomic E-state index is 12.4. The summed E-state index contributed by atoms with van der Waals surface area (Å²) in [6, 6.07) is 21.6. The van der Waals surface area contributed by atoms with Crippen LogP contribution in [-0.4, -0.2) is 15.8 Å². The van der Waals surface area contributed by atoms with E-state index in [9.17, 15) is 4.79 Å². The minimum atomic E-state index is -0.252. The van der Waals surface area contributed by atoms with Crippen LogP contribution in [0.1, 0.15) is 31.0 Å². The molecule has 1 heterocycles. The van der Waals surface area contributed by atoms with E-state index in [1.165, 1.54) is 0 Å². The molecule has 0 radical (unpaired) electrons. The van der Waals surface area contributed by atoms with Crippen molar-refractivity contribution in [1.82, 2.24) is 15.1 Å². The molecule has 26 heavy (non-hydrogen) atoms. The van der Waals surface area contributed by atoms with Crippen LogP contribution in [0.15, 0.2) is 72.9 Å². The Bertz CT molecular complexity index is 827. The van der Waals surface area contributed by atoms with Crippen molar-refractivity contribution in [2.75, 3.05) is 5.32 Å². The van der Waals surface area contributed by atoms with Crippen molar-refractivity contribution in [1.29, 1.82) is 0 Å². The molecule has 0 saturated heterocycles. The number of benzene rings is 2. The quantitative estimate of drug-likeness (QED) is 0.691. The summed E-state index contributed by atoms with van der Waals surface area (Å²) in [5, 5.41) is 10.3. The number of rotatable bonds is 6. The van der Waals surface area contributed by atoms with Crippen molar-refractivity contribution in [2.45, 2.75) is 26.4 Å². The Morgan fingerprint density at radius 3 is 2.31 bits per heavy atom. The van der Waals surface area contributed by atoms with Crippen LogP contribution in [0.2, 0.25) is 0 Å². The highest BCUT2D eigenvalue weighted by Crippen LogP contribution is 2.21. The van der Waals surface area contributed by atoms with Crippen molar-refractivity contribution >= 4 is 11.8 Å². The highest BCUT2D eigenvalue weighted by Gasteiger charge is 2.18. The average molecular weight is 348 g/mol. The van der Waals surface area contributed by atoms with E-state index in [-0.39, 0.29) is 18.0 Å². The van der Waals surface area contributed by atoms with Gasteiger partial charge in [-0.3, -0.25) is 10.00 Å². The Hall–Kier alpha value is -3.08. The number of amides is 2. The topological polar surface area (TPSA) is 59.0 Å². The first kappa shape index (κ1) is 17.7. The second kappa shape index (κ2) is 8.34. The van der Waals surface area contributed by atoms with E-state index in [1.807, 2.05) is 59.4 Å². The third kappa shape index (κ3) is 4.72. The maximum absolute atomic E-state index is 12.4. The van der Waals surface area contributed by atoms with E-state index in [2.05, 4.69) is 41.7 Å². The molecule has 5 nitrogen and oxygen atoms in total. The molecule has 3 rings (SSSR count). The van der Waals surface area contributed by atoms with Gasteiger partial charge in [0.25, 0.3) is 0 Å². The molecule has 3 aromatic rings. The number of hydrogen-bond donors (Lipinski definition) is 2. The lowest BCUT2D eigenvalue weighted by Crippen LogP contribution is -2.35. The van der Waals surface area contributed by atoms with Crippen LogP contribution in [0.25, 0.3) is 0 Å². The molecule has 0 bridgehead atoms. The van der Waals surface area contributed by atoms with E-state index in [0.717, 1.165) is 11.1 Å². The van der Waals surface area contributed by atoms with Gasteiger partial charge in [0.15, 0.2) is 5.82 Å². The third-order valence-electron chi connectivity index (χ3n) is 4.18. The van der Waals surface area contributed by atoms with Gasteiger partial charge >= 0.3 is 6.03 Å². The fraction of sp³-hybridized carbons (Fsp3) is 0.238. The first-order chi connectivity index (χ1) is 12.6. The Kier molecular flexibility index (Phi) is 5.69. The van der Waals surface area contributed by atoms with E-state index >= 15 is 0 Å². The zero-order valence-electron chi connectivity index (χ0n) is 15.1. The molecule has 0 aliphatic carbocycles. The SMILES string of the molecule is CC(C)C(NC(=O)Nc1ccn(Cc2ccccc2)n1)c1ccccc1. The van der Waals surface area contributed by atoms with E-state index in [4.69, 9.17) is 0 Å². The lowest BCUT2D eigenvalue weighted by molar-refractivity contribution is 0.244. The van der Waals surface area contributed by atoms with Crippen LogP contribution < -0.4 is 10.6 Å². The molecule has 134 valence electrons. The van der Waals surface area contributed by atoms with Crippen molar-refractivity contribution in [3.8, 4) is 0 Å². The lowest BCUT2D eigenvalue weighted by atomic mass is 9.96. The summed E-state index contributed by atoms with van der Waals surface area (Å²) in [6.07, 6.45) is 1.86. The molecule has 0 fully saturated rings. The molecular formula is C21H24N4O. The molecule has 0 saturated carbocycles. The summed E-state index contributed by atoms with van der Waals surface area (Å²) in [7, 11) is 0. The van der Waals surface area contributed by atoms with Crippen LogP contribution in [0.3, 0.4) is 0 Å². The normalized spacial score (nSPS) is 12.0. The highest BCUT2D eigenvalue weighted by molar-refractivity contribution is 5.88. The number of nitrogens with zero attached hydrogens (tertiary/aromatic N) is 2. The minimum absolute atomic E-state index is 0.0531. The van der Waals surface area contributed by atoms with Crippen LogP contribution >= 0.6 is 0 Å². The summed E-state index contributed by atoms with van der Waals surface area (Å²) in [5.74, 6) is 0.813. The van der Waals surface area contributed by atoms with Crippen molar-refractivity contribution in [3.05, 3.63) is 84.1 Å². The molecule has 1 unspecified atom stereocenters. The zero-order valence-corrected chi connectivity index (χ0v) is 15.1. The Labute approximate surface area is 154 Å². The number of carbonyl (C=O) groups excluding carboxylic acids is 1. The van der Waals surface area contributed by atoms with Gasteiger partial charge in [0, 0.05) is 12.3 Å². The molecule has 0 spiro atoms. The van der Waals surface area contributed by atoms with Gasteiger partial charge in [0.1, 0.15) is 0 Å². The van der Waals surface area contributed by atoms with E-state index in [0.29, 0.717) is 12.4 Å². The first-order valence-corrected chi connectivity index (χ1v) is 8.81. The predicted octanol–water partition coefficient (Wildman–Crippen LogP) is 4.45. The standard InChI is InChI=1S/C21H24N4O/c1-16(2)20(18-11-7-4-8-12-18)23-21(26)22-19-13-14-25(24-19)15-17-9-5-3-6-10-17/h3-14,16,20H,15H2,1-2H3,(H2,22,23,24,26). The number of nitrogens with one attached hydrogen (secondary N) is 2. The summed E-state index contributed by atoms with van der Waals surface area (Å²) in [4.78, 5) is 12.4. The van der Waals surface area contributed by atoms with Crippen molar-refractivity contribution in [2.24, 2.45) is 5.92 Å². The molecule has 5 heteroatoms. The Morgan fingerprint density at radius 2 is 1.65 bits per heavy atom. The number of anilines is 1. The molecule has 2 amide bonds. The third-order valence-corrected chi connectivity index (χ3v) is 4.18. The second-order valence-electron chi connectivity index (χ2n) is 6.61. The van der Waals surface area contributed by atoms with Crippen molar-refractivity contribution < 1.29 is 4.79 Å². The van der Waals surface area contributed by atoms with Gasteiger partial charge in [0.2, 0.25) is 0 Å². The molecular weight excluding hydrogens is 324 g/mol. The van der Waals surface area contributed by atoms with E-state index < -0.39 is 0 Å². The second-order valence-corrected chi connectivity index (χ2v) is 6.61. The van der Waals surface area contributed by atoms with Gasteiger partial charge in [0.05, 0.1) is 12.6 Å². The van der Waals surface area contributed by atoms with Crippen LogP contribution in [-0.2, 0) is 6.54 Å². The first-order valence-electron chi connectivity index (χ1n) is 8.81. The summed E-state index contributed by atoms with van der Waals surface area (Å²) >= 11 is 0. The van der Waals surface area contributed by atoms with Crippen LogP contribution in [0.4, 0.5) is 10.6 Å². The largest absolute Gasteiger partial charge is 0.331 e. The van der Waals surface area contributed by atoms with Crippen molar-refractivity contribution in [3.63, 3.8) is 0 Å². The van der Waals surface area contributed by atoms with Gasteiger partial charge in [-0.1, -0.05) is 74.5 Å². The summed E-state index contributed by atoms with van der Waals surface area (Å²) in [6.45, 7) is 4.85. The average Bonchev–Trinajstić information content (AvgIpc) is 3.07. The van der Waals surface area contributed by atoms with Crippen LogP contribution in [0, 0.1) is 5.92 Å². The highest BCUT2D eigenvalue weighted by atomic mass is 16.2. The fourth-order valence-corrected chi connectivity index (χ4v) is 2.88.